The molecule has 2 heterocycles. The van der Waals surface area contributed by atoms with Gasteiger partial charge in [-0.05, 0) is 54.8 Å². The van der Waals surface area contributed by atoms with Crippen molar-refractivity contribution in [2.75, 3.05) is 11.1 Å². The number of para-hydroxylation sites is 1. The van der Waals surface area contributed by atoms with Crippen LogP contribution in [0.5, 0.6) is 0 Å². The molecule has 152 valence electrons. The van der Waals surface area contributed by atoms with Crippen LogP contribution in [0.2, 0.25) is 0 Å². The molecule has 30 heavy (non-hydrogen) atoms. The van der Waals surface area contributed by atoms with E-state index in [0.29, 0.717) is 28.6 Å². The summed E-state index contributed by atoms with van der Waals surface area (Å²) in [5.41, 5.74) is 13.9. The SMILES string of the molecule is C=C(/C=C(\C=C/N)c1nc(N)c2c(C3CC3)cncc2n1)Nc1c(F)cccc1F. The molecule has 0 atom stereocenters. The minimum atomic E-state index is -0.731. The van der Waals surface area contributed by atoms with E-state index >= 15 is 0 Å². The zero-order valence-corrected chi connectivity index (χ0v) is 16.1. The quantitative estimate of drug-likeness (QED) is 0.529. The lowest BCUT2D eigenvalue weighted by Crippen LogP contribution is -2.05. The molecule has 0 aliphatic heterocycles. The van der Waals surface area contributed by atoms with Gasteiger partial charge in [-0.3, -0.25) is 4.98 Å². The van der Waals surface area contributed by atoms with Crippen molar-refractivity contribution in [3.8, 4) is 0 Å². The number of halogens is 2. The number of hydrogen-bond acceptors (Lipinski definition) is 6. The van der Waals surface area contributed by atoms with Crippen LogP contribution in [-0.2, 0) is 0 Å². The van der Waals surface area contributed by atoms with E-state index in [1.807, 2.05) is 6.20 Å². The zero-order valence-electron chi connectivity index (χ0n) is 16.1. The van der Waals surface area contributed by atoms with Gasteiger partial charge in [-0.15, -0.1) is 0 Å². The van der Waals surface area contributed by atoms with Crippen LogP contribution in [0.1, 0.15) is 30.1 Å². The molecular formula is C22H20F2N6. The number of nitrogens with one attached hydrogen (secondary N) is 1. The van der Waals surface area contributed by atoms with Crippen molar-refractivity contribution < 1.29 is 8.78 Å². The van der Waals surface area contributed by atoms with E-state index in [-0.39, 0.29) is 11.4 Å². The molecule has 0 spiro atoms. The van der Waals surface area contributed by atoms with Crippen molar-refractivity contribution >= 4 is 28.0 Å². The van der Waals surface area contributed by atoms with Gasteiger partial charge in [0.25, 0.3) is 0 Å². The summed E-state index contributed by atoms with van der Waals surface area (Å²) in [6, 6.07) is 3.59. The van der Waals surface area contributed by atoms with Gasteiger partial charge in [0.2, 0.25) is 0 Å². The van der Waals surface area contributed by atoms with Crippen molar-refractivity contribution in [1.29, 1.82) is 0 Å². The Labute approximate surface area is 172 Å². The summed E-state index contributed by atoms with van der Waals surface area (Å²) in [5, 5.41) is 3.43. The number of hydrogen-bond donors (Lipinski definition) is 3. The molecule has 2 aromatic heterocycles. The van der Waals surface area contributed by atoms with Crippen LogP contribution < -0.4 is 16.8 Å². The highest BCUT2D eigenvalue weighted by atomic mass is 19.1. The lowest BCUT2D eigenvalue weighted by molar-refractivity contribution is 0.590. The first-order chi connectivity index (χ1) is 14.5. The van der Waals surface area contributed by atoms with Gasteiger partial charge in [-0.1, -0.05) is 12.6 Å². The minimum Gasteiger partial charge on any atom is -0.405 e. The topological polar surface area (TPSA) is 103 Å². The molecule has 0 radical (unpaired) electrons. The molecule has 4 rings (SSSR count). The van der Waals surface area contributed by atoms with Gasteiger partial charge < -0.3 is 16.8 Å². The maximum atomic E-state index is 13.9. The summed E-state index contributed by atoms with van der Waals surface area (Å²) >= 11 is 0. The summed E-state index contributed by atoms with van der Waals surface area (Å²) < 4.78 is 27.8. The first kappa shape index (κ1) is 19.5. The Kier molecular flexibility index (Phi) is 5.14. The van der Waals surface area contributed by atoms with Crippen LogP contribution in [-0.4, -0.2) is 15.0 Å². The number of benzene rings is 1. The predicted molar refractivity (Wildman–Crippen MR) is 114 cm³/mol. The van der Waals surface area contributed by atoms with Gasteiger partial charge in [-0.25, -0.2) is 18.7 Å². The van der Waals surface area contributed by atoms with E-state index in [1.165, 1.54) is 18.3 Å². The maximum Gasteiger partial charge on any atom is 0.162 e. The lowest BCUT2D eigenvalue weighted by Gasteiger charge is -2.11. The highest BCUT2D eigenvalue weighted by Gasteiger charge is 2.27. The summed E-state index contributed by atoms with van der Waals surface area (Å²) in [6.45, 7) is 3.82. The molecule has 1 aliphatic carbocycles. The van der Waals surface area contributed by atoms with Crippen molar-refractivity contribution in [2.24, 2.45) is 5.73 Å². The maximum absolute atomic E-state index is 13.9. The van der Waals surface area contributed by atoms with Gasteiger partial charge in [0.1, 0.15) is 23.1 Å². The number of nitrogen functional groups attached to an aromatic ring is 1. The summed E-state index contributed by atoms with van der Waals surface area (Å²) in [7, 11) is 0. The highest BCUT2D eigenvalue weighted by Crippen LogP contribution is 2.43. The number of anilines is 2. The summed E-state index contributed by atoms with van der Waals surface area (Å²) in [5.74, 6) is -0.380. The van der Waals surface area contributed by atoms with E-state index in [9.17, 15) is 8.78 Å². The van der Waals surface area contributed by atoms with Crippen LogP contribution in [0.4, 0.5) is 20.3 Å². The number of nitrogens with zero attached hydrogens (tertiary/aromatic N) is 3. The Hall–Kier alpha value is -3.81. The van der Waals surface area contributed by atoms with Crippen molar-refractivity contribution in [3.63, 3.8) is 0 Å². The van der Waals surface area contributed by atoms with Crippen molar-refractivity contribution in [3.05, 3.63) is 84.2 Å². The third-order valence-electron chi connectivity index (χ3n) is 4.79. The fourth-order valence-electron chi connectivity index (χ4n) is 3.26. The van der Waals surface area contributed by atoms with Crippen molar-refractivity contribution in [1.82, 2.24) is 15.0 Å². The number of aromatic nitrogens is 3. The third-order valence-corrected chi connectivity index (χ3v) is 4.79. The Morgan fingerprint density at radius 2 is 1.90 bits per heavy atom. The molecule has 1 aromatic carbocycles. The van der Waals surface area contributed by atoms with Gasteiger partial charge in [0.15, 0.2) is 5.82 Å². The Morgan fingerprint density at radius 1 is 1.17 bits per heavy atom. The second-order valence-corrected chi connectivity index (χ2v) is 7.04. The van der Waals surface area contributed by atoms with E-state index in [1.54, 1.807) is 12.3 Å². The van der Waals surface area contributed by atoms with E-state index in [0.717, 1.165) is 35.9 Å². The molecule has 5 N–H and O–H groups in total. The third kappa shape index (κ3) is 3.84. The Balaban J connectivity index is 1.72. The normalized spacial score (nSPS) is 14.4. The fraction of sp³-hybridized carbons (Fsp3) is 0.136. The molecule has 1 fully saturated rings. The summed E-state index contributed by atoms with van der Waals surface area (Å²) in [6.07, 6.45) is 10.0. The predicted octanol–water partition coefficient (Wildman–Crippen LogP) is 4.24. The smallest absolute Gasteiger partial charge is 0.162 e. The van der Waals surface area contributed by atoms with Crippen LogP contribution >= 0.6 is 0 Å². The second kappa shape index (κ2) is 7.90. The highest BCUT2D eigenvalue weighted by molar-refractivity contribution is 5.92. The molecule has 0 amide bonds. The van der Waals surface area contributed by atoms with E-state index in [2.05, 4.69) is 26.8 Å². The lowest BCUT2D eigenvalue weighted by atomic mass is 10.1. The fourth-order valence-corrected chi connectivity index (χ4v) is 3.26. The molecule has 6 nitrogen and oxygen atoms in total. The van der Waals surface area contributed by atoms with Gasteiger partial charge in [0, 0.05) is 22.9 Å². The van der Waals surface area contributed by atoms with Crippen LogP contribution in [0.3, 0.4) is 0 Å². The first-order valence-electron chi connectivity index (χ1n) is 9.39. The van der Waals surface area contributed by atoms with Gasteiger partial charge in [-0.2, -0.15) is 0 Å². The Bertz CT molecular complexity index is 1180. The molecule has 1 aliphatic rings. The van der Waals surface area contributed by atoms with Crippen LogP contribution in [0, 0.1) is 11.6 Å². The first-order valence-corrected chi connectivity index (χ1v) is 9.39. The molecule has 0 unspecified atom stereocenters. The average Bonchev–Trinajstić information content (AvgIpc) is 3.55. The monoisotopic (exact) mass is 406 g/mol. The van der Waals surface area contributed by atoms with Gasteiger partial charge >= 0.3 is 0 Å². The molecule has 1 saturated carbocycles. The number of nitrogens with two attached hydrogens (primary N) is 2. The zero-order chi connectivity index (χ0) is 21.3. The molecule has 0 bridgehead atoms. The van der Waals surface area contributed by atoms with Crippen LogP contribution in [0.25, 0.3) is 16.5 Å². The van der Waals surface area contributed by atoms with Gasteiger partial charge in [0.05, 0.1) is 11.7 Å². The summed E-state index contributed by atoms with van der Waals surface area (Å²) in [4.78, 5) is 13.3. The minimum absolute atomic E-state index is 0.222. The largest absolute Gasteiger partial charge is 0.405 e. The second-order valence-electron chi connectivity index (χ2n) is 7.04. The molecule has 0 saturated heterocycles. The number of fused-ring (bicyclic) bond motifs is 1. The van der Waals surface area contributed by atoms with E-state index in [4.69, 9.17) is 11.5 Å². The number of allylic oxidation sites excluding steroid dienone is 3. The average molecular weight is 406 g/mol. The standard InChI is InChI=1S/C22H20F2N6/c1-12(28-20-16(23)3-2-4-17(20)24)9-14(7-8-25)22-29-18-11-27-10-15(13-5-6-13)19(18)21(26)30-22/h2-4,7-11,13,28H,1,5-6,25H2,(H2,26,29,30)/b8-7-,14-9+. The molecular weight excluding hydrogens is 386 g/mol. The Morgan fingerprint density at radius 3 is 2.57 bits per heavy atom. The van der Waals surface area contributed by atoms with Crippen molar-refractivity contribution in [2.45, 2.75) is 18.8 Å². The molecule has 3 aromatic rings. The van der Waals surface area contributed by atoms with E-state index < -0.39 is 11.6 Å². The number of pyridine rings is 1. The molecule has 8 heteroatoms. The van der Waals surface area contributed by atoms with Crippen LogP contribution in [0.15, 0.2) is 61.2 Å². The number of rotatable bonds is 6.